The fourth-order valence-electron chi connectivity index (χ4n) is 3.29. The highest BCUT2D eigenvalue weighted by Gasteiger charge is 2.07. The first-order valence-corrected chi connectivity index (χ1v) is 8.46. The lowest BCUT2D eigenvalue weighted by molar-refractivity contribution is 0.0952. The first-order chi connectivity index (χ1) is 11.5. The molecule has 3 aromatic rings. The molecule has 1 amide bonds. The van der Waals surface area contributed by atoms with Crippen molar-refractivity contribution < 1.29 is 4.79 Å². The van der Waals surface area contributed by atoms with E-state index >= 15 is 0 Å². The molecule has 0 spiro atoms. The number of carbonyl (C=O) groups is 1. The Labute approximate surface area is 143 Å². The van der Waals surface area contributed by atoms with Crippen molar-refractivity contribution in [2.75, 3.05) is 6.54 Å². The average molecular weight is 320 g/mol. The average Bonchev–Trinajstić information content (AvgIpc) is 2.86. The Morgan fingerprint density at radius 1 is 1.00 bits per heavy atom. The van der Waals surface area contributed by atoms with Crippen LogP contribution < -0.4 is 5.32 Å². The van der Waals surface area contributed by atoms with Crippen LogP contribution in [0, 0.1) is 20.8 Å². The minimum Gasteiger partial charge on any atom is -0.352 e. The van der Waals surface area contributed by atoms with E-state index in [9.17, 15) is 4.79 Å². The Balaban J connectivity index is 1.58. The van der Waals surface area contributed by atoms with Gasteiger partial charge in [-0.1, -0.05) is 35.4 Å². The first-order valence-electron chi connectivity index (χ1n) is 8.46. The van der Waals surface area contributed by atoms with Crippen LogP contribution >= 0.6 is 0 Å². The predicted molar refractivity (Wildman–Crippen MR) is 99.5 cm³/mol. The van der Waals surface area contributed by atoms with Crippen molar-refractivity contribution in [1.29, 1.82) is 0 Å². The highest BCUT2D eigenvalue weighted by molar-refractivity contribution is 5.94. The summed E-state index contributed by atoms with van der Waals surface area (Å²) in [5.74, 6) is 0.0101. The second-order valence-corrected chi connectivity index (χ2v) is 6.48. The summed E-state index contributed by atoms with van der Waals surface area (Å²) < 4.78 is 2.32. The summed E-state index contributed by atoms with van der Waals surface area (Å²) in [4.78, 5) is 12.3. The lowest BCUT2D eigenvalue weighted by Gasteiger charge is -2.10. The Bertz CT molecular complexity index is 856. The topological polar surface area (TPSA) is 34.0 Å². The SMILES string of the molecule is Cc1cc(C)cc(C(=O)NCCCn2c(C)cc3ccccc32)c1. The number of hydrogen-bond acceptors (Lipinski definition) is 1. The van der Waals surface area contributed by atoms with E-state index in [-0.39, 0.29) is 5.91 Å². The van der Waals surface area contributed by atoms with Gasteiger partial charge in [-0.25, -0.2) is 0 Å². The summed E-state index contributed by atoms with van der Waals surface area (Å²) in [7, 11) is 0. The van der Waals surface area contributed by atoms with E-state index in [1.807, 2.05) is 26.0 Å². The lowest BCUT2D eigenvalue weighted by atomic mass is 10.1. The zero-order valence-electron chi connectivity index (χ0n) is 14.6. The van der Waals surface area contributed by atoms with Crippen LogP contribution in [-0.2, 0) is 6.54 Å². The largest absolute Gasteiger partial charge is 0.352 e. The van der Waals surface area contributed by atoms with E-state index in [2.05, 4.69) is 53.2 Å². The molecule has 3 heteroatoms. The number of aryl methyl sites for hydroxylation is 4. The molecule has 0 saturated heterocycles. The standard InChI is InChI=1S/C21H24N2O/c1-15-11-16(2)13-19(12-15)21(24)22-9-6-10-23-17(3)14-18-7-4-5-8-20(18)23/h4-5,7-8,11-14H,6,9-10H2,1-3H3,(H,22,24). The van der Waals surface area contributed by atoms with Crippen molar-refractivity contribution >= 4 is 16.8 Å². The zero-order valence-corrected chi connectivity index (χ0v) is 14.6. The molecule has 0 aliphatic rings. The number of rotatable bonds is 5. The van der Waals surface area contributed by atoms with E-state index in [1.54, 1.807) is 0 Å². The molecule has 1 heterocycles. The van der Waals surface area contributed by atoms with Crippen LogP contribution in [0.5, 0.6) is 0 Å². The fraction of sp³-hybridized carbons (Fsp3) is 0.286. The summed E-state index contributed by atoms with van der Waals surface area (Å²) in [5, 5.41) is 4.30. The van der Waals surface area contributed by atoms with Crippen molar-refractivity contribution in [2.24, 2.45) is 0 Å². The Kier molecular flexibility index (Phi) is 4.70. The molecular formula is C21H24N2O. The summed E-state index contributed by atoms with van der Waals surface area (Å²) in [6, 6.07) is 16.6. The van der Waals surface area contributed by atoms with Crippen molar-refractivity contribution in [3.05, 3.63) is 70.9 Å². The van der Waals surface area contributed by atoms with Gasteiger partial charge in [0.25, 0.3) is 5.91 Å². The van der Waals surface area contributed by atoms with Gasteiger partial charge in [0.05, 0.1) is 0 Å². The van der Waals surface area contributed by atoms with Gasteiger partial charge < -0.3 is 9.88 Å². The van der Waals surface area contributed by atoms with Crippen LogP contribution in [0.15, 0.2) is 48.5 Å². The second-order valence-electron chi connectivity index (χ2n) is 6.48. The lowest BCUT2D eigenvalue weighted by Crippen LogP contribution is -2.25. The van der Waals surface area contributed by atoms with E-state index in [0.29, 0.717) is 6.54 Å². The summed E-state index contributed by atoms with van der Waals surface area (Å²) in [6.45, 7) is 7.76. The Morgan fingerprint density at radius 3 is 2.46 bits per heavy atom. The molecule has 0 aliphatic heterocycles. The third kappa shape index (κ3) is 3.51. The molecule has 1 aromatic heterocycles. The van der Waals surface area contributed by atoms with Gasteiger partial charge in [0.1, 0.15) is 0 Å². The van der Waals surface area contributed by atoms with Gasteiger partial charge in [0, 0.05) is 29.9 Å². The molecular weight excluding hydrogens is 296 g/mol. The van der Waals surface area contributed by atoms with Crippen LogP contribution in [0.4, 0.5) is 0 Å². The van der Waals surface area contributed by atoms with Crippen molar-refractivity contribution in [1.82, 2.24) is 9.88 Å². The highest BCUT2D eigenvalue weighted by Crippen LogP contribution is 2.19. The van der Waals surface area contributed by atoms with Crippen molar-refractivity contribution in [2.45, 2.75) is 33.7 Å². The quantitative estimate of drug-likeness (QED) is 0.695. The Hall–Kier alpha value is -2.55. The maximum atomic E-state index is 12.3. The number of carbonyl (C=O) groups excluding carboxylic acids is 1. The number of aromatic nitrogens is 1. The van der Waals surface area contributed by atoms with Gasteiger partial charge >= 0.3 is 0 Å². The minimum atomic E-state index is 0.0101. The predicted octanol–water partition coefficient (Wildman–Crippen LogP) is 4.39. The van der Waals surface area contributed by atoms with Crippen LogP contribution in [0.2, 0.25) is 0 Å². The van der Waals surface area contributed by atoms with Gasteiger partial charge in [-0.05, 0) is 56.8 Å². The normalized spacial score (nSPS) is 11.0. The molecule has 0 fully saturated rings. The molecule has 0 saturated carbocycles. The van der Waals surface area contributed by atoms with Crippen molar-refractivity contribution in [3.63, 3.8) is 0 Å². The number of hydrogen-bond donors (Lipinski definition) is 1. The van der Waals surface area contributed by atoms with E-state index in [0.717, 1.165) is 29.7 Å². The van der Waals surface area contributed by atoms with E-state index in [4.69, 9.17) is 0 Å². The molecule has 3 nitrogen and oxygen atoms in total. The molecule has 24 heavy (non-hydrogen) atoms. The number of fused-ring (bicyclic) bond motifs is 1. The van der Waals surface area contributed by atoms with E-state index < -0.39 is 0 Å². The molecule has 124 valence electrons. The smallest absolute Gasteiger partial charge is 0.251 e. The number of nitrogens with zero attached hydrogens (tertiary/aromatic N) is 1. The summed E-state index contributed by atoms with van der Waals surface area (Å²) in [5.41, 5.74) is 5.51. The monoisotopic (exact) mass is 320 g/mol. The molecule has 0 radical (unpaired) electrons. The van der Waals surface area contributed by atoms with Crippen LogP contribution in [-0.4, -0.2) is 17.0 Å². The minimum absolute atomic E-state index is 0.0101. The summed E-state index contributed by atoms with van der Waals surface area (Å²) in [6.07, 6.45) is 0.913. The third-order valence-corrected chi connectivity index (χ3v) is 4.35. The molecule has 0 atom stereocenters. The van der Waals surface area contributed by atoms with Crippen LogP contribution in [0.3, 0.4) is 0 Å². The molecule has 0 unspecified atom stereocenters. The molecule has 0 bridgehead atoms. The maximum absolute atomic E-state index is 12.3. The van der Waals surface area contributed by atoms with Gasteiger partial charge in [0.2, 0.25) is 0 Å². The van der Waals surface area contributed by atoms with E-state index in [1.165, 1.54) is 16.6 Å². The molecule has 2 aromatic carbocycles. The number of benzene rings is 2. The maximum Gasteiger partial charge on any atom is 0.251 e. The number of nitrogens with one attached hydrogen (secondary N) is 1. The number of para-hydroxylation sites is 1. The first kappa shape index (κ1) is 16.3. The van der Waals surface area contributed by atoms with Crippen molar-refractivity contribution in [3.8, 4) is 0 Å². The fourth-order valence-corrected chi connectivity index (χ4v) is 3.29. The van der Waals surface area contributed by atoms with Gasteiger partial charge in [0.15, 0.2) is 0 Å². The second kappa shape index (κ2) is 6.91. The summed E-state index contributed by atoms with van der Waals surface area (Å²) >= 11 is 0. The van der Waals surface area contributed by atoms with Gasteiger partial charge in [-0.3, -0.25) is 4.79 Å². The van der Waals surface area contributed by atoms with Gasteiger partial charge in [-0.15, -0.1) is 0 Å². The highest BCUT2D eigenvalue weighted by atomic mass is 16.1. The zero-order chi connectivity index (χ0) is 17.1. The number of amides is 1. The van der Waals surface area contributed by atoms with Gasteiger partial charge in [-0.2, -0.15) is 0 Å². The Morgan fingerprint density at radius 2 is 1.71 bits per heavy atom. The molecule has 1 N–H and O–H groups in total. The molecule has 3 rings (SSSR count). The van der Waals surface area contributed by atoms with Crippen LogP contribution in [0.1, 0.15) is 33.6 Å². The van der Waals surface area contributed by atoms with Crippen LogP contribution in [0.25, 0.3) is 10.9 Å². The molecule has 0 aliphatic carbocycles. The third-order valence-electron chi connectivity index (χ3n) is 4.35.